The number of hydrogen-bond acceptors (Lipinski definition) is 4. The van der Waals surface area contributed by atoms with Crippen LogP contribution in [-0.4, -0.2) is 47.1 Å². The molecule has 0 amide bonds. The number of guanidine groups is 1. The van der Waals surface area contributed by atoms with E-state index in [1.165, 1.54) is 5.56 Å². The summed E-state index contributed by atoms with van der Waals surface area (Å²) in [6.45, 7) is 5.39. The minimum atomic E-state index is 0. The second-order valence-corrected chi connectivity index (χ2v) is 6.97. The Kier molecular flexibility index (Phi) is 9.49. The van der Waals surface area contributed by atoms with Gasteiger partial charge in [0.05, 0.1) is 6.54 Å². The Bertz CT molecular complexity index is 844. The Labute approximate surface area is 188 Å². The molecule has 0 fully saturated rings. The first kappa shape index (κ1) is 23.2. The molecular weight excluding hydrogens is 483 g/mol. The molecule has 0 aliphatic carbocycles. The van der Waals surface area contributed by atoms with Crippen molar-refractivity contribution in [2.75, 3.05) is 26.7 Å². The number of aryl methyl sites for hydroxylation is 3. The van der Waals surface area contributed by atoms with E-state index in [9.17, 15) is 4.79 Å². The van der Waals surface area contributed by atoms with Crippen LogP contribution < -0.4 is 21.1 Å². The third-order valence-corrected chi connectivity index (χ3v) is 4.78. The molecule has 0 unspecified atom stereocenters. The van der Waals surface area contributed by atoms with Crippen LogP contribution in [0.1, 0.15) is 30.7 Å². The topological polar surface area (TPSA) is 85.5 Å². The predicted molar refractivity (Wildman–Crippen MR) is 125 cm³/mol. The lowest BCUT2D eigenvalue weighted by Crippen LogP contribution is -2.40. The fourth-order valence-corrected chi connectivity index (χ4v) is 3.22. The van der Waals surface area contributed by atoms with Crippen molar-refractivity contribution in [2.45, 2.75) is 45.7 Å². The maximum Gasteiger partial charge on any atom is 0.345 e. The SMILES string of the molecule is CN=C(NCCCn1nc2n(c1=O)CCCC2)NCCOc1ccc(C)cc1.I. The summed E-state index contributed by atoms with van der Waals surface area (Å²) < 4.78 is 9.10. The summed E-state index contributed by atoms with van der Waals surface area (Å²) in [5.74, 6) is 2.52. The van der Waals surface area contributed by atoms with Gasteiger partial charge in [-0.05, 0) is 38.3 Å². The zero-order valence-electron chi connectivity index (χ0n) is 17.2. The van der Waals surface area contributed by atoms with E-state index in [4.69, 9.17) is 4.74 Å². The Morgan fingerprint density at radius 3 is 2.69 bits per heavy atom. The second kappa shape index (κ2) is 11.8. The lowest BCUT2D eigenvalue weighted by Gasteiger charge is -2.12. The van der Waals surface area contributed by atoms with Crippen molar-refractivity contribution in [3.63, 3.8) is 0 Å². The summed E-state index contributed by atoms with van der Waals surface area (Å²) >= 11 is 0. The molecule has 2 heterocycles. The summed E-state index contributed by atoms with van der Waals surface area (Å²) in [6, 6.07) is 8.01. The molecule has 0 radical (unpaired) electrons. The summed E-state index contributed by atoms with van der Waals surface area (Å²) in [4.78, 5) is 16.5. The van der Waals surface area contributed by atoms with Crippen molar-refractivity contribution < 1.29 is 4.74 Å². The quantitative estimate of drug-likeness (QED) is 0.244. The van der Waals surface area contributed by atoms with Gasteiger partial charge in [-0.2, -0.15) is 5.10 Å². The van der Waals surface area contributed by atoms with Crippen molar-refractivity contribution in [1.29, 1.82) is 0 Å². The van der Waals surface area contributed by atoms with E-state index in [1.54, 1.807) is 11.7 Å². The lowest BCUT2D eigenvalue weighted by atomic mass is 10.2. The largest absolute Gasteiger partial charge is 0.492 e. The van der Waals surface area contributed by atoms with E-state index in [-0.39, 0.29) is 29.7 Å². The van der Waals surface area contributed by atoms with Crippen LogP contribution in [0.4, 0.5) is 0 Å². The van der Waals surface area contributed by atoms with Gasteiger partial charge in [-0.15, -0.1) is 24.0 Å². The standard InChI is InChI=1S/C20H30N6O2.HI/c1-16-7-9-17(10-8-16)28-15-12-23-19(21-2)22-11-5-14-26-20(27)25-13-4-3-6-18(25)24-26;/h7-10H,3-6,11-15H2,1-2H3,(H2,21,22,23);1H. The number of hydrogen-bond donors (Lipinski definition) is 2. The number of fused-ring (bicyclic) bond motifs is 1. The van der Waals surface area contributed by atoms with Crippen LogP contribution in [0.25, 0.3) is 0 Å². The summed E-state index contributed by atoms with van der Waals surface area (Å²) in [7, 11) is 1.74. The smallest absolute Gasteiger partial charge is 0.345 e. The maximum absolute atomic E-state index is 12.3. The molecule has 2 aromatic rings. The molecular formula is C20H31IN6O2. The highest BCUT2D eigenvalue weighted by atomic mass is 127. The van der Waals surface area contributed by atoms with Crippen molar-refractivity contribution in [3.05, 3.63) is 46.1 Å². The summed E-state index contributed by atoms with van der Waals surface area (Å²) in [5, 5.41) is 10.9. The third kappa shape index (κ3) is 6.76. The summed E-state index contributed by atoms with van der Waals surface area (Å²) in [6.07, 6.45) is 3.89. The van der Waals surface area contributed by atoms with Crippen LogP contribution in [0.3, 0.4) is 0 Å². The normalized spacial score (nSPS) is 13.4. The molecule has 3 rings (SSSR count). The average Bonchev–Trinajstić information content (AvgIpc) is 3.04. The molecule has 0 bridgehead atoms. The van der Waals surface area contributed by atoms with Crippen LogP contribution in [0.15, 0.2) is 34.1 Å². The number of nitrogens with zero attached hydrogens (tertiary/aromatic N) is 4. The molecule has 1 aromatic carbocycles. The van der Waals surface area contributed by atoms with E-state index in [2.05, 4.69) is 27.6 Å². The fourth-order valence-electron chi connectivity index (χ4n) is 3.22. The van der Waals surface area contributed by atoms with E-state index in [0.717, 1.165) is 49.8 Å². The molecule has 1 aliphatic rings. The zero-order valence-corrected chi connectivity index (χ0v) is 19.5. The first-order chi connectivity index (χ1) is 13.7. The molecule has 160 valence electrons. The molecule has 2 N–H and O–H groups in total. The molecule has 0 spiro atoms. The van der Waals surface area contributed by atoms with Gasteiger partial charge in [0.2, 0.25) is 0 Å². The van der Waals surface area contributed by atoms with Crippen molar-refractivity contribution in [1.82, 2.24) is 25.0 Å². The van der Waals surface area contributed by atoms with Crippen LogP contribution in [0.5, 0.6) is 5.75 Å². The van der Waals surface area contributed by atoms with Crippen molar-refractivity contribution in [2.24, 2.45) is 4.99 Å². The van der Waals surface area contributed by atoms with Gasteiger partial charge in [-0.3, -0.25) is 9.56 Å². The van der Waals surface area contributed by atoms with E-state index in [0.29, 0.717) is 26.2 Å². The number of benzene rings is 1. The fraction of sp³-hybridized carbons (Fsp3) is 0.550. The van der Waals surface area contributed by atoms with Crippen LogP contribution >= 0.6 is 24.0 Å². The second-order valence-electron chi connectivity index (χ2n) is 6.97. The average molecular weight is 514 g/mol. The number of rotatable bonds is 8. The highest BCUT2D eigenvalue weighted by Gasteiger charge is 2.16. The number of halogens is 1. The Hall–Kier alpha value is -2.04. The Balaban J connectivity index is 0.00000300. The summed E-state index contributed by atoms with van der Waals surface area (Å²) in [5.41, 5.74) is 1.23. The van der Waals surface area contributed by atoms with Crippen LogP contribution in [0.2, 0.25) is 0 Å². The Morgan fingerprint density at radius 2 is 1.97 bits per heavy atom. The minimum Gasteiger partial charge on any atom is -0.492 e. The molecule has 1 aromatic heterocycles. The van der Waals surface area contributed by atoms with E-state index in [1.807, 2.05) is 28.8 Å². The molecule has 0 saturated carbocycles. The van der Waals surface area contributed by atoms with Gasteiger partial charge in [-0.25, -0.2) is 9.48 Å². The highest BCUT2D eigenvalue weighted by molar-refractivity contribution is 14.0. The lowest BCUT2D eigenvalue weighted by molar-refractivity contribution is 0.322. The van der Waals surface area contributed by atoms with Crippen LogP contribution in [-0.2, 0) is 19.5 Å². The van der Waals surface area contributed by atoms with E-state index >= 15 is 0 Å². The van der Waals surface area contributed by atoms with Crippen LogP contribution in [0, 0.1) is 6.92 Å². The number of nitrogens with one attached hydrogen (secondary N) is 2. The van der Waals surface area contributed by atoms with Gasteiger partial charge in [0.1, 0.15) is 18.2 Å². The predicted octanol–water partition coefficient (Wildman–Crippen LogP) is 1.94. The van der Waals surface area contributed by atoms with Gasteiger partial charge in [0.15, 0.2) is 5.96 Å². The maximum atomic E-state index is 12.3. The third-order valence-electron chi connectivity index (χ3n) is 4.78. The first-order valence-corrected chi connectivity index (χ1v) is 9.98. The molecule has 9 heteroatoms. The van der Waals surface area contributed by atoms with E-state index < -0.39 is 0 Å². The zero-order chi connectivity index (χ0) is 19.8. The van der Waals surface area contributed by atoms with Gasteiger partial charge in [-0.1, -0.05) is 17.7 Å². The minimum absolute atomic E-state index is 0. The first-order valence-electron chi connectivity index (χ1n) is 9.98. The molecule has 0 atom stereocenters. The van der Waals surface area contributed by atoms with Gasteiger partial charge < -0.3 is 15.4 Å². The molecule has 29 heavy (non-hydrogen) atoms. The van der Waals surface area contributed by atoms with Gasteiger partial charge in [0, 0.05) is 33.1 Å². The number of ether oxygens (including phenoxy) is 1. The monoisotopic (exact) mass is 514 g/mol. The molecule has 0 saturated heterocycles. The van der Waals surface area contributed by atoms with Crippen molar-refractivity contribution in [3.8, 4) is 5.75 Å². The Morgan fingerprint density at radius 1 is 1.21 bits per heavy atom. The number of aromatic nitrogens is 3. The number of aliphatic imine (C=N–C) groups is 1. The van der Waals surface area contributed by atoms with Gasteiger partial charge >= 0.3 is 5.69 Å². The highest BCUT2D eigenvalue weighted by Crippen LogP contribution is 2.11. The molecule has 8 nitrogen and oxygen atoms in total. The van der Waals surface area contributed by atoms with Gasteiger partial charge in [0.25, 0.3) is 0 Å². The molecule has 1 aliphatic heterocycles. The van der Waals surface area contributed by atoms with Crippen molar-refractivity contribution >= 4 is 29.9 Å².